The van der Waals surface area contributed by atoms with Crippen LogP contribution in [0.3, 0.4) is 0 Å². The molecule has 1 aromatic rings. The number of benzene rings is 1. The molecule has 2 N–H and O–H groups in total. The monoisotopic (exact) mass is 352 g/mol. The van der Waals surface area contributed by atoms with E-state index in [1.807, 2.05) is 4.90 Å². The van der Waals surface area contributed by atoms with Gasteiger partial charge in [0.1, 0.15) is 0 Å². The summed E-state index contributed by atoms with van der Waals surface area (Å²) in [6.45, 7) is 7.23. The fourth-order valence-electron chi connectivity index (χ4n) is 3.73. The number of amides is 1. The van der Waals surface area contributed by atoms with Crippen LogP contribution in [0, 0.1) is 18.3 Å². The van der Waals surface area contributed by atoms with Crippen LogP contribution in [0.2, 0.25) is 0 Å². The van der Waals surface area contributed by atoms with Crippen LogP contribution >= 0.6 is 12.4 Å². The zero-order valence-electron chi connectivity index (χ0n) is 14.7. The van der Waals surface area contributed by atoms with Crippen molar-refractivity contribution in [3.63, 3.8) is 0 Å². The van der Waals surface area contributed by atoms with Gasteiger partial charge in [-0.25, -0.2) is 0 Å². The number of likely N-dealkylation sites (tertiary alicyclic amines) is 1. The van der Waals surface area contributed by atoms with Crippen molar-refractivity contribution in [2.24, 2.45) is 17.1 Å². The number of carbonyl (C=O) groups is 1. The van der Waals surface area contributed by atoms with Crippen molar-refractivity contribution in [3.8, 4) is 0 Å². The maximum Gasteiger partial charge on any atom is 0.228 e. The highest BCUT2D eigenvalue weighted by atomic mass is 35.5. The second kappa shape index (κ2) is 7.85. The highest BCUT2D eigenvalue weighted by Gasteiger charge is 2.41. The Hall–Kier alpha value is -1.10. The van der Waals surface area contributed by atoms with E-state index in [9.17, 15) is 4.79 Å². The van der Waals surface area contributed by atoms with Gasteiger partial charge in [-0.1, -0.05) is 36.8 Å². The average molecular weight is 353 g/mol. The number of rotatable bonds is 3. The van der Waals surface area contributed by atoms with E-state index < -0.39 is 0 Å². The van der Waals surface area contributed by atoms with Crippen molar-refractivity contribution >= 4 is 18.3 Å². The number of hydrogen-bond donors (Lipinski definition) is 1. The zero-order valence-corrected chi connectivity index (χ0v) is 15.5. The summed E-state index contributed by atoms with van der Waals surface area (Å²) in [6, 6.07) is 8.38. The summed E-state index contributed by atoms with van der Waals surface area (Å²) in [5.41, 5.74) is 8.30. The number of nitrogens with zero attached hydrogens (tertiary/aromatic N) is 1. The van der Waals surface area contributed by atoms with Crippen molar-refractivity contribution in [1.29, 1.82) is 0 Å². The van der Waals surface area contributed by atoms with Gasteiger partial charge >= 0.3 is 0 Å². The highest BCUT2D eigenvalue weighted by Crippen LogP contribution is 2.37. The fraction of sp³-hybridized carbons (Fsp3) is 0.632. The molecule has 2 heterocycles. The molecule has 3 atom stereocenters. The van der Waals surface area contributed by atoms with Gasteiger partial charge in [0.25, 0.3) is 0 Å². The Morgan fingerprint density at radius 2 is 2.08 bits per heavy atom. The lowest BCUT2D eigenvalue weighted by atomic mass is 9.87. The van der Waals surface area contributed by atoms with E-state index in [0.29, 0.717) is 6.54 Å². The second-order valence-electron chi connectivity index (χ2n) is 7.48. The number of nitrogens with two attached hydrogens (primary N) is 1. The van der Waals surface area contributed by atoms with Crippen molar-refractivity contribution < 1.29 is 9.53 Å². The van der Waals surface area contributed by atoms with Crippen LogP contribution in [-0.4, -0.2) is 37.0 Å². The maximum absolute atomic E-state index is 13.1. The first kappa shape index (κ1) is 19.2. The molecule has 0 aliphatic carbocycles. The Morgan fingerprint density at radius 3 is 2.71 bits per heavy atom. The quantitative estimate of drug-likeness (QED) is 0.909. The molecule has 0 spiro atoms. The molecule has 0 bridgehead atoms. The molecule has 5 heteroatoms. The first-order chi connectivity index (χ1) is 11.0. The van der Waals surface area contributed by atoms with Crippen LogP contribution in [0.5, 0.6) is 0 Å². The standard InChI is InChI=1S/C19H28N2O2.ClH/c1-14-5-7-15(8-6-14)17-16(4-3-11-23-17)18(22)21-10-9-19(2,12-20)13-21;/h5-8,16-17H,3-4,9-13,20H2,1-2H3;1H. The molecule has 1 amide bonds. The van der Waals surface area contributed by atoms with Crippen LogP contribution in [0.25, 0.3) is 0 Å². The number of hydrogen-bond acceptors (Lipinski definition) is 3. The number of aryl methyl sites for hydroxylation is 1. The number of halogens is 1. The summed E-state index contributed by atoms with van der Waals surface area (Å²) < 4.78 is 6.00. The summed E-state index contributed by atoms with van der Waals surface area (Å²) in [5, 5.41) is 0. The first-order valence-corrected chi connectivity index (χ1v) is 8.69. The molecule has 1 aromatic carbocycles. The van der Waals surface area contributed by atoms with Crippen LogP contribution < -0.4 is 5.73 Å². The van der Waals surface area contributed by atoms with Gasteiger partial charge in [-0.2, -0.15) is 0 Å². The van der Waals surface area contributed by atoms with E-state index in [1.165, 1.54) is 5.56 Å². The Labute approximate surface area is 151 Å². The van der Waals surface area contributed by atoms with E-state index in [2.05, 4.69) is 38.1 Å². The first-order valence-electron chi connectivity index (χ1n) is 8.69. The normalized spacial score (nSPS) is 30.0. The predicted octanol–water partition coefficient (Wildman–Crippen LogP) is 3.08. The molecule has 2 saturated heterocycles. The molecule has 0 aromatic heterocycles. The molecule has 3 unspecified atom stereocenters. The van der Waals surface area contributed by atoms with Gasteiger partial charge in [0.05, 0.1) is 12.0 Å². The second-order valence-corrected chi connectivity index (χ2v) is 7.48. The lowest BCUT2D eigenvalue weighted by Gasteiger charge is -2.34. The summed E-state index contributed by atoms with van der Waals surface area (Å²) in [6.07, 6.45) is 2.76. The molecule has 2 aliphatic heterocycles. The summed E-state index contributed by atoms with van der Waals surface area (Å²) in [5.74, 6) is 0.180. The molecular formula is C19H29ClN2O2. The highest BCUT2D eigenvalue weighted by molar-refractivity contribution is 5.85. The molecule has 2 aliphatic rings. The third-order valence-corrected chi connectivity index (χ3v) is 5.41. The topological polar surface area (TPSA) is 55.6 Å². The minimum atomic E-state index is -0.110. The van der Waals surface area contributed by atoms with Gasteiger partial charge in [-0.3, -0.25) is 4.79 Å². The van der Waals surface area contributed by atoms with Gasteiger partial charge in [-0.05, 0) is 43.7 Å². The summed E-state index contributed by atoms with van der Waals surface area (Å²) >= 11 is 0. The molecule has 3 rings (SSSR count). The molecule has 0 radical (unpaired) electrons. The lowest BCUT2D eigenvalue weighted by Crippen LogP contribution is -2.41. The van der Waals surface area contributed by atoms with Gasteiger partial charge in [-0.15, -0.1) is 12.4 Å². The minimum absolute atomic E-state index is 0. The Kier molecular flexibility index (Phi) is 6.29. The summed E-state index contributed by atoms with van der Waals surface area (Å²) in [4.78, 5) is 15.1. The van der Waals surface area contributed by atoms with Gasteiger partial charge < -0.3 is 15.4 Å². The van der Waals surface area contributed by atoms with Crippen LogP contribution in [0.1, 0.15) is 43.4 Å². The molecular weight excluding hydrogens is 324 g/mol. The Bertz CT molecular complexity index is 563. The Morgan fingerprint density at radius 1 is 1.38 bits per heavy atom. The summed E-state index contributed by atoms with van der Waals surface area (Å²) in [7, 11) is 0. The van der Waals surface area contributed by atoms with Gasteiger partial charge in [0.15, 0.2) is 0 Å². The van der Waals surface area contributed by atoms with Gasteiger partial charge in [0.2, 0.25) is 5.91 Å². The fourth-order valence-corrected chi connectivity index (χ4v) is 3.73. The van der Waals surface area contributed by atoms with Crippen LogP contribution in [0.4, 0.5) is 0 Å². The predicted molar refractivity (Wildman–Crippen MR) is 98.2 cm³/mol. The van der Waals surface area contributed by atoms with Crippen LogP contribution in [-0.2, 0) is 9.53 Å². The molecule has 134 valence electrons. The number of carbonyl (C=O) groups excluding carboxylic acids is 1. The van der Waals surface area contributed by atoms with E-state index >= 15 is 0 Å². The van der Waals surface area contributed by atoms with E-state index in [-0.39, 0.29) is 35.8 Å². The average Bonchev–Trinajstić information content (AvgIpc) is 2.98. The molecule has 0 saturated carbocycles. The van der Waals surface area contributed by atoms with Crippen molar-refractivity contribution in [3.05, 3.63) is 35.4 Å². The van der Waals surface area contributed by atoms with Crippen molar-refractivity contribution in [2.45, 2.75) is 39.2 Å². The zero-order chi connectivity index (χ0) is 16.4. The Balaban J connectivity index is 0.00000208. The van der Waals surface area contributed by atoms with E-state index in [4.69, 9.17) is 10.5 Å². The third-order valence-electron chi connectivity index (χ3n) is 5.41. The maximum atomic E-state index is 13.1. The molecule has 2 fully saturated rings. The molecule has 24 heavy (non-hydrogen) atoms. The van der Waals surface area contributed by atoms with Gasteiger partial charge in [0, 0.05) is 19.7 Å². The number of ether oxygens (including phenoxy) is 1. The van der Waals surface area contributed by atoms with Crippen LogP contribution in [0.15, 0.2) is 24.3 Å². The lowest BCUT2D eigenvalue weighted by molar-refractivity contribution is -0.144. The van der Waals surface area contributed by atoms with Crippen molar-refractivity contribution in [1.82, 2.24) is 4.90 Å². The van der Waals surface area contributed by atoms with E-state index in [0.717, 1.165) is 44.5 Å². The minimum Gasteiger partial charge on any atom is -0.373 e. The third kappa shape index (κ3) is 3.93. The van der Waals surface area contributed by atoms with Crippen molar-refractivity contribution in [2.75, 3.05) is 26.2 Å². The largest absolute Gasteiger partial charge is 0.373 e. The SMILES string of the molecule is Cc1ccc(C2OCCCC2C(=O)N2CCC(C)(CN)C2)cc1.Cl. The molecule has 4 nitrogen and oxygen atoms in total. The van der Waals surface area contributed by atoms with E-state index in [1.54, 1.807) is 0 Å². The smallest absolute Gasteiger partial charge is 0.228 e.